The second kappa shape index (κ2) is 17.2. The monoisotopic (exact) mass is 581 g/mol. The van der Waals surface area contributed by atoms with Gasteiger partial charge in [-0.25, -0.2) is 8.78 Å². The lowest BCUT2D eigenvalue weighted by Gasteiger charge is -2.52. The lowest BCUT2D eigenvalue weighted by Crippen LogP contribution is -2.59. The van der Waals surface area contributed by atoms with Gasteiger partial charge in [-0.05, 0) is 67.9 Å². The van der Waals surface area contributed by atoms with E-state index in [4.69, 9.17) is 5.11 Å². The third-order valence-corrected chi connectivity index (χ3v) is 8.04. The van der Waals surface area contributed by atoms with Crippen LogP contribution < -0.4 is 0 Å². The summed E-state index contributed by atoms with van der Waals surface area (Å²) in [5.74, 6) is -0.804. The quantitative estimate of drug-likeness (QED) is 0.239. The van der Waals surface area contributed by atoms with Crippen molar-refractivity contribution >= 4 is 17.1 Å². The molecule has 1 saturated heterocycles. The first-order chi connectivity index (χ1) is 19.9. The maximum atomic E-state index is 13.5. The maximum Gasteiger partial charge on any atom is 0.159 e. The van der Waals surface area contributed by atoms with Crippen LogP contribution in [0.25, 0.3) is 5.57 Å². The van der Waals surface area contributed by atoms with E-state index >= 15 is 0 Å². The van der Waals surface area contributed by atoms with Crippen molar-refractivity contribution < 1.29 is 23.5 Å². The van der Waals surface area contributed by atoms with Crippen LogP contribution in [0.4, 0.5) is 8.78 Å². The molecule has 4 rings (SSSR count). The number of nitrogens with zero attached hydrogens (tertiary/aromatic N) is 1. The molecular weight excluding hydrogens is 532 g/mol. The van der Waals surface area contributed by atoms with Gasteiger partial charge in [0, 0.05) is 55.3 Å². The second-order valence-corrected chi connectivity index (χ2v) is 12.1. The van der Waals surface area contributed by atoms with Crippen molar-refractivity contribution in [2.75, 3.05) is 19.7 Å². The fourth-order valence-electron chi connectivity index (χ4n) is 5.67. The van der Waals surface area contributed by atoms with E-state index in [-0.39, 0.29) is 18.3 Å². The van der Waals surface area contributed by atoms with Gasteiger partial charge in [0.1, 0.15) is 17.4 Å². The molecule has 1 heterocycles. The van der Waals surface area contributed by atoms with Gasteiger partial charge in [-0.1, -0.05) is 76.9 Å². The summed E-state index contributed by atoms with van der Waals surface area (Å²) in [7, 11) is 0. The molecule has 230 valence electrons. The van der Waals surface area contributed by atoms with Crippen molar-refractivity contribution in [2.24, 2.45) is 5.41 Å². The summed E-state index contributed by atoms with van der Waals surface area (Å²) in [4.78, 5) is 24.8. The third-order valence-electron chi connectivity index (χ3n) is 8.04. The van der Waals surface area contributed by atoms with Gasteiger partial charge in [0.25, 0.3) is 0 Å². The lowest BCUT2D eigenvalue weighted by atomic mass is 9.75. The van der Waals surface area contributed by atoms with E-state index in [0.29, 0.717) is 34.3 Å². The number of Topliss-reactive ketones (excluding diaryl/α,β-unsaturated/α-hetero) is 2. The Kier molecular flexibility index (Phi) is 14.5. The summed E-state index contributed by atoms with van der Waals surface area (Å²) in [5, 5.41) is 8.79. The number of aliphatic hydroxyl groups is 1. The lowest BCUT2D eigenvalue weighted by molar-refractivity contribution is -0.123. The summed E-state index contributed by atoms with van der Waals surface area (Å²) in [6.07, 6.45) is 9.86. The molecule has 0 spiro atoms. The summed E-state index contributed by atoms with van der Waals surface area (Å²) >= 11 is 0. The van der Waals surface area contributed by atoms with Gasteiger partial charge >= 0.3 is 0 Å². The molecular formula is C36H49F2NO3. The zero-order chi connectivity index (χ0) is 31.3. The Balaban J connectivity index is 0.000000227. The van der Waals surface area contributed by atoms with Crippen LogP contribution in [0.2, 0.25) is 0 Å². The standard InChI is InChI=1S/C14H14F2O.C13H23NO.C9H12O/c1-4-11(7-9(2)10(3)17)13-6-5-12(15)8-14(13)16;1-11(15)8-13(2)9-14(10-13)12-6-4-3-5-7-12;1-8(7-10)9-5-3-2-4-6-9/h5-8H,2,4H2,1,3H3;12H,3-10H2,1-2H3;2-6,8,10H,7H2,1H3/b11-7+;;/t;;8-/m..0/s1. The number of rotatable bonds is 9. The molecule has 2 aromatic carbocycles. The highest BCUT2D eigenvalue weighted by atomic mass is 19.1. The molecule has 2 fully saturated rings. The highest BCUT2D eigenvalue weighted by Gasteiger charge is 2.42. The molecule has 0 amide bonds. The summed E-state index contributed by atoms with van der Waals surface area (Å²) in [6, 6.07) is 14.2. The number of ketones is 2. The number of aliphatic hydroxyl groups excluding tert-OH is 1. The first kappa shape index (κ1) is 35.2. The molecule has 1 aliphatic carbocycles. The van der Waals surface area contributed by atoms with E-state index in [1.165, 1.54) is 56.7 Å². The number of hydrogen-bond acceptors (Lipinski definition) is 4. The van der Waals surface area contributed by atoms with Crippen LogP contribution in [-0.2, 0) is 9.59 Å². The van der Waals surface area contributed by atoms with E-state index in [0.717, 1.165) is 31.6 Å². The smallest absolute Gasteiger partial charge is 0.159 e. The maximum absolute atomic E-state index is 13.5. The van der Waals surface area contributed by atoms with Crippen LogP contribution in [0.5, 0.6) is 0 Å². The van der Waals surface area contributed by atoms with Crippen LogP contribution in [0, 0.1) is 17.0 Å². The van der Waals surface area contributed by atoms with Crippen LogP contribution in [0.15, 0.2) is 66.8 Å². The fraction of sp³-hybridized carbons (Fsp3) is 0.500. The topological polar surface area (TPSA) is 57.6 Å². The van der Waals surface area contributed by atoms with Gasteiger partial charge in [-0.15, -0.1) is 0 Å². The molecule has 1 atom stereocenters. The normalized spacial score (nSPS) is 17.5. The Labute approximate surface area is 251 Å². The van der Waals surface area contributed by atoms with E-state index in [9.17, 15) is 18.4 Å². The average Bonchev–Trinajstić information content (AvgIpc) is 2.95. The van der Waals surface area contributed by atoms with Crippen molar-refractivity contribution in [3.63, 3.8) is 0 Å². The first-order valence-corrected chi connectivity index (χ1v) is 15.1. The summed E-state index contributed by atoms with van der Waals surface area (Å²) in [6.45, 7) is 15.3. The van der Waals surface area contributed by atoms with E-state index in [1.54, 1.807) is 13.0 Å². The Morgan fingerprint density at radius 1 is 1.07 bits per heavy atom. The van der Waals surface area contributed by atoms with Crippen molar-refractivity contribution in [3.05, 3.63) is 89.5 Å². The largest absolute Gasteiger partial charge is 0.396 e. The number of allylic oxidation sites excluding steroid dienone is 3. The van der Waals surface area contributed by atoms with Crippen molar-refractivity contribution in [3.8, 4) is 0 Å². The number of hydrogen-bond donors (Lipinski definition) is 1. The number of carbonyl (C=O) groups is 2. The number of benzene rings is 2. The van der Waals surface area contributed by atoms with Gasteiger partial charge in [0.15, 0.2) is 5.78 Å². The first-order valence-electron chi connectivity index (χ1n) is 15.1. The fourth-order valence-corrected chi connectivity index (χ4v) is 5.67. The van der Waals surface area contributed by atoms with Gasteiger partial charge in [-0.3, -0.25) is 9.69 Å². The van der Waals surface area contributed by atoms with Gasteiger partial charge in [0.05, 0.1) is 0 Å². The van der Waals surface area contributed by atoms with Crippen LogP contribution in [0.1, 0.15) is 96.6 Å². The molecule has 1 N–H and O–H groups in total. The predicted octanol–water partition coefficient (Wildman–Crippen LogP) is 8.31. The van der Waals surface area contributed by atoms with Crippen molar-refractivity contribution in [1.82, 2.24) is 4.90 Å². The Hall–Kier alpha value is -2.96. The average molecular weight is 582 g/mol. The number of carbonyl (C=O) groups excluding carboxylic acids is 2. The number of likely N-dealkylation sites (tertiary alicyclic amines) is 1. The zero-order valence-corrected chi connectivity index (χ0v) is 26.1. The molecule has 0 aromatic heterocycles. The number of halogens is 2. The zero-order valence-electron chi connectivity index (χ0n) is 26.1. The molecule has 0 bridgehead atoms. The molecule has 2 aromatic rings. The Morgan fingerprint density at radius 3 is 2.19 bits per heavy atom. The van der Waals surface area contributed by atoms with E-state index in [2.05, 4.69) is 18.4 Å². The van der Waals surface area contributed by atoms with Crippen LogP contribution >= 0.6 is 0 Å². The SMILES string of the molecule is C=C(/C=C(\CC)c1ccc(F)cc1F)C(C)=O.CC(=O)CC1(C)CN(C2CCCCC2)C1.C[C@@H](CO)c1ccccc1. The Morgan fingerprint density at radius 2 is 1.69 bits per heavy atom. The molecule has 6 heteroatoms. The molecule has 0 radical (unpaired) electrons. The van der Waals surface area contributed by atoms with Gasteiger partial charge in [0.2, 0.25) is 0 Å². The molecule has 4 nitrogen and oxygen atoms in total. The molecule has 1 saturated carbocycles. The van der Waals surface area contributed by atoms with Gasteiger partial charge in [-0.2, -0.15) is 0 Å². The summed E-state index contributed by atoms with van der Waals surface area (Å²) < 4.78 is 26.3. The molecule has 2 aliphatic rings. The predicted molar refractivity (Wildman–Crippen MR) is 168 cm³/mol. The molecule has 0 unspecified atom stereocenters. The minimum absolute atomic E-state index is 0.168. The van der Waals surface area contributed by atoms with Crippen LogP contribution in [-0.4, -0.2) is 47.3 Å². The highest BCUT2D eigenvalue weighted by molar-refractivity contribution is 5.97. The van der Waals surface area contributed by atoms with E-state index in [1.807, 2.05) is 44.2 Å². The Bertz CT molecular complexity index is 1200. The van der Waals surface area contributed by atoms with Gasteiger partial charge < -0.3 is 9.90 Å². The third kappa shape index (κ3) is 11.4. The summed E-state index contributed by atoms with van der Waals surface area (Å²) in [5.41, 5.74) is 2.73. The minimum atomic E-state index is -0.630. The van der Waals surface area contributed by atoms with E-state index < -0.39 is 11.6 Å². The van der Waals surface area contributed by atoms with Crippen LogP contribution in [0.3, 0.4) is 0 Å². The molecule has 42 heavy (non-hydrogen) atoms. The van der Waals surface area contributed by atoms with Crippen molar-refractivity contribution in [1.29, 1.82) is 0 Å². The second-order valence-electron chi connectivity index (χ2n) is 12.1. The molecule has 1 aliphatic heterocycles. The minimum Gasteiger partial charge on any atom is -0.396 e. The highest BCUT2D eigenvalue weighted by Crippen LogP contribution is 2.38. The van der Waals surface area contributed by atoms with Crippen molar-refractivity contribution in [2.45, 2.75) is 91.5 Å².